The Balaban J connectivity index is 2.33. The van der Waals surface area contributed by atoms with Crippen molar-refractivity contribution in [3.63, 3.8) is 0 Å². The van der Waals surface area contributed by atoms with Crippen LogP contribution < -0.4 is 0 Å². The van der Waals surface area contributed by atoms with Crippen molar-refractivity contribution in [2.45, 2.75) is 25.7 Å². The van der Waals surface area contributed by atoms with Crippen LogP contribution >= 0.6 is 0 Å². The van der Waals surface area contributed by atoms with Crippen LogP contribution in [0.25, 0.3) is 0 Å². The van der Waals surface area contributed by atoms with Crippen LogP contribution in [-0.2, 0) is 14.6 Å². The molecule has 0 N–H and O–H groups in total. The molecule has 1 fully saturated rings. The number of rotatable bonds is 5. The molecule has 0 spiro atoms. The molecule has 0 bridgehead atoms. The van der Waals surface area contributed by atoms with E-state index in [0.717, 1.165) is 19.3 Å². The molecule has 0 aliphatic heterocycles. The predicted molar refractivity (Wildman–Crippen MR) is 64.2 cm³/mol. The van der Waals surface area contributed by atoms with E-state index >= 15 is 0 Å². The van der Waals surface area contributed by atoms with Crippen LogP contribution in [0.3, 0.4) is 0 Å². The minimum absolute atomic E-state index is 0.123. The molecule has 1 aliphatic carbocycles. The smallest absolute Gasteiger partial charge is 0.148 e. The molecule has 4 nitrogen and oxygen atoms in total. The number of Topliss-reactive ketones (excluding diaryl/α,β-unsaturated/α-hetero) is 1. The summed E-state index contributed by atoms with van der Waals surface area (Å²) in [7, 11) is -1.02. The van der Waals surface area contributed by atoms with Crippen molar-refractivity contribution in [3.05, 3.63) is 0 Å². The Bertz CT molecular complexity index is 337. The molecule has 1 saturated carbocycles. The molecule has 1 aliphatic rings. The third-order valence-corrected chi connectivity index (χ3v) is 3.98. The van der Waals surface area contributed by atoms with Gasteiger partial charge in [-0.1, -0.05) is 6.42 Å². The predicted octanol–water partition coefficient (Wildman–Crippen LogP) is 0.722. The van der Waals surface area contributed by atoms with Crippen molar-refractivity contribution in [1.29, 1.82) is 0 Å². The van der Waals surface area contributed by atoms with E-state index in [2.05, 4.69) is 0 Å². The molecule has 1 unspecified atom stereocenters. The molecule has 0 aromatic carbocycles. The second-order valence-corrected chi connectivity index (χ2v) is 7.06. The molecule has 5 heteroatoms. The van der Waals surface area contributed by atoms with E-state index in [0.29, 0.717) is 25.3 Å². The van der Waals surface area contributed by atoms with Gasteiger partial charge in [0.05, 0.1) is 5.75 Å². The highest BCUT2D eigenvalue weighted by Crippen LogP contribution is 2.21. The molecule has 0 aromatic rings. The van der Waals surface area contributed by atoms with Crippen LogP contribution in [0, 0.1) is 5.92 Å². The first-order chi connectivity index (χ1) is 7.38. The molecular weight excluding hydrogens is 226 g/mol. The molecule has 16 heavy (non-hydrogen) atoms. The zero-order valence-corrected chi connectivity index (χ0v) is 10.9. The van der Waals surface area contributed by atoms with E-state index in [-0.39, 0.29) is 11.7 Å². The fraction of sp³-hybridized carbons (Fsp3) is 0.909. The zero-order chi connectivity index (χ0) is 12.2. The van der Waals surface area contributed by atoms with Gasteiger partial charge in [-0.15, -0.1) is 0 Å². The molecule has 94 valence electrons. The van der Waals surface area contributed by atoms with E-state index in [1.165, 1.54) is 6.26 Å². The van der Waals surface area contributed by atoms with Crippen molar-refractivity contribution in [1.82, 2.24) is 4.90 Å². The van der Waals surface area contributed by atoms with Crippen molar-refractivity contribution < 1.29 is 13.2 Å². The fourth-order valence-electron chi connectivity index (χ4n) is 2.04. The zero-order valence-electron chi connectivity index (χ0n) is 10.1. The maximum Gasteiger partial charge on any atom is 0.148 e. The van der Waals surface area contributed by atoms with Crippen LogP contribution in [0.1, 0.15) is 25.7 Å². The Morgan fingerprint density at radius 1 is 1.38 bits per heavy atom. The summed E-state index contributed by atoms with van der Waals surface area (Å²) < 4.78 is 22.0. The average molecular weight is 247 g/mol. The van der Waals surface area contributed by atoms with E-state index in [1.54, 1.807) is 0 Å². The van der Waals surface area contributed by atoms with Gasteiger partial charge in [-0.2, -0.15) is 0 Å². The summed E-state index contributed by atoms with van der Waals surface area (Å²) in [4.78, 5) is 13.5. The summed E-state index contributed by atoms with van der Waals surface area (Å²) in [6.45, 7) is 1.22. The van der Waals surface area contributed by atoms with Gasteiger partial charge in [0.2, 0.25) is 0 Å². The number of carbonyl (C=O) groups is 1. The normalized spacial score (nSPS) is 22.7. The number of ketones is 1. The van der Waals surface area contributed by atoms with Crippen LogP contribution in [0.2, 0.25) is 0 Å². The van der Waals surface area contributed by atoms with Gasteiger partial charge in [0.25, 0.3) is 0 Å². The SMILES string of the molecule is CN(CCS(C)(=O)=O)CC1CCCCC1=O. The van der Waals surface area contributed by atoms with Crippen molar-refractivity contribution in [3.8, 4) is 0 Å². The molecular formula is C11H21NO3S. The summed E-state index contributed by atoms with van der Waals surface area (Å²) >= 11 is 0. The number of nitrogens with zero attached hydrogens (tertiary/aromatic N) is 1. The third-order valence-electron chi connectivity index (χ3n) is 3.06. The highest BCUT2D eigenvalue weighted by atomic mass is 32.2. The quantitative estimate of drug-likeness (QED) is 0.718. The monoisotopic (exact) mass is 247 g/mol. The Morgan fingerprint density at radius 2 is 2.06 bits per heavy atom. The van der Waals surface area contributed by atoms with E-state index in [9.17, 15) is 13.2 Å². The van der Waals surface area contributed by atoms with Gasteiger partial charge < -0.3 is 4.90 Å². The molecule has 0 aromatic heterocycles. The van der Waals surface area contributed by atoms with Gasteiger partial charge in [-0.05, 0) is 19.9 Å². The maximum absolute atomic E-state index is 11.6. The molecule has 1 rings (SSSR count). The van der Waals surface area contributed by atoms with Gasteiger partial charge in [0.15, 0.2) is 0 Å². The molecule has 0 amide bonds. The summed E-state index contributed by atoms with van der Waals surface area (Å²) in [5, 5.41) is 0. The molecule has 0 heterocycles. The molecule has 1 atom stereocenters. The summed E-state index contributed by atoms with van der Waals surface area (Å²) in [6.07, 6.45) is 5.04. The van der Waals surface area contributed by atoms with E-state index in [4.69, 9.17) is 0 Å². The fourth-order valence-corrected chi connectivity index (χ4v) is 2.68. The van der Waals surface area contributed by atoms with E-state index < -0.39 is 9.84 Å². The van der Waals surface area contributed by atoms with Gasteiger partial charge in [-0.25, -0.2) is 8.42 Å². The van der Waals surface area contributed by atoms with Crippen molar-refractivity contribution in [2.24, 2.45) is 5.92 Å². The van der Waals surface area contributed by atoms with Gasteiger partial charge in [0.1, 0.15) is 15.6 Å². The first-order valence-corrected chi connectivity index (χ1v) is 7.83. The van der Waals surface area contributed by atoms with Crippen LogP contribution in [0.15, 0.2) is 0 Å². The Morgan fingerprint density at radius 3 is 2.62 bits per heavy atom. The molecule has 0 saturated heterocycles. The van der Waals surface area contributed by atoms with Gasteiger partial charge in [-0.3, -0.25) is 4.79 Å². The van der Waals surface area contributed by atoms with Gasteiger partial charge >= 0.3 is 0 Å². The minimum Gasteiger partial charge on any atom is -0.305 e. The first-order valence-electron chi connectivity index (χ1n) is 5.77. The Hall–Kier alpha value is -0.420. The largest absolute Gasteiger partial charge is 0.305 e. The van der Waals surface area contributed by atoms with Crippen LogP contribution in [-0.4, -0.2) is 51.2 Å². The second-order valence-electron chi connectivity index (χ2n) is 4.80. The number of sulfone groups is 1. The lowest BCUT2D eigenvalue weighted by atomic mass is 9.88. The summed E-state index contributed by atoms with van der Waals surface area (Å²) in [5.74, 6) is 0.639. The van der Waals surface area contributed by atoms with E-state index in [1.807, 2.05) is 11.9 Å². The Labute approximate surface area is 97.9 Å². The van der Waals surface area contributed by atoms with Crippen LogP contribution in [0.4, 0.5) is 0 Å². The standard InChI is InChI=1S/C11H21NO3S/c1-12(7-8-16(2,14)15)9-10-5-3-4-6-11(10)13/h10H,3-9H2,1-2H3. The number of carbonyl (C=O) groups excluding carboxylic acids is 1. The lowest BCUT2D eigenvalue weighted by Gasteiger charge is -2.25. The lowest BCUT2D eigenvalue weighted by Crippen LogP contribution is -2.34. The second kappa shape index (κ2) is 5.77. The minimum atomic E-state index is -2.90. The average Bonchev–Trinajstić information content (AvgIpc) is 2.18. The first kappa shape index (κ1) is 13.6. The topological polar surface area (TPSA) is 54.5 Å². The molecule has 0 radical (unpaired) electrons. The van der Waals surface area contributed by atoms with Crippen molar-refractivity contribution in [2.75, 3.05) is 32.1 Å². The van der Waals surface area contributed by atoms with Crippen molar-refractivity contribution >= 4 is 15.6 Å². The highest BCUT2D eigenvalue weighted by molar-refractivity contribution is 7.90. The number of hydrogen-bond donors (Lipinski definition) is 0. The third kappa shape index (κ3) is 5.07. The summed E-state index contributed by atoms with van der Waals surface area (Å²) in [5.41, 5.74) is 0. The number of hydrogen-bond acceptors (Lipinski definition) is 4. The highest BCUT2D eigenvalue weighted by Gasteiger charge is 2.23. The van der Waals surface area contributed by atoms with Crippen LogP contribution in [0.5, 0.6) is 0 Å². The lowest BCUT2D eigenvalue weighted by molar-refractivity contribution is -0.125. The maximum atomic E-state index is 11.6. The van der Waals surface area contributed by atoms with Gasteiger partial charge in [0, 0.05) is 31.7 Å². The summed E-state index contributed by atoms with van der Waals surface area (Å²) in [6, 6.07) is 0. The Kier molecular flexibility index (Phi) is 4.92.